The van der Waals surface area contributed by atoms with Crippen LogP contribution in [0.25, 0.3) is 11.0 Å². The van der Waals surface area contributed by atoms with E-state index in [0.717, 1.165) is 75.6 Å². The number of rotatable bonds is 11. The molecule has 5 heterocycles. The van der Waals surface area contributed by atoms with Crippen LogP contribution in [0.1, 0.15) is 24.8 Å². The number of nitrogens with one attached hydrogen (secondary N) is 3. The van der Waals surface area contributed by atoms with E-state index in [0.29, 0.717) is 61.3 Å². The number of aryl methyl sites for hydroxylation is 1. The smallest absolute Gasteiger partial charge is 0.328 e. The number of piperazine rings is 1. The SMILES string of the molecule is COc1cc(N2CCN(CC3CCN(c4ccc(N5CCC(=O)NC5=O)cc4F)CC3)CC2)c(C)cc1Nc1ncc(Br)c(Nc2ccc3nccnc3c2P(C)(C)=O)n1. The van der Waals surface area contributed by atoms with E-state index >= 15 is 4.39 Å². The average molecular weight is 901 g/mol. The third-order valence-electron chi connectivity index (χ3n) is 11.4. The van der Waals surface area contributed by atoms with Gasteiger partial charge in [-0.1, -0.05) is 0 Å². The van der Waals surface area contributed by atoms with E-state index in [1.165, 1.54) is 11.0 Å². The van der Waals surface area contributed by atoms with Gasteiger partial charge in [-0.15, -0.1) is 0 Å². The van der Waals surface area contributed by atoms with Gasteiger partial charge < -0.3 is 29.7 Å². The Bertz CT molecular complexity index is 2490. The van der Waals surface area contributed by atoms with Crippen LogP contribution < -0.4 is 40.7 Å². The van der Waals surface area contributed by atoms with E-state index in [1.807, 2.05) is 12.1 Å². The number of anilines is 7. The number of ether oxygens (including phenoxy) is 1. The summed E-state index contributed by atoms with van der Waals surface area (Å²) in [4.78, 5) is 50.4. The number of fused-ring (bicyclic) bond motifs is 1. The summed E-state index contributed by atoms with van der Waals surface area (Å²) in [6.07, 6.45) is 7.02. The zero-order chi connectivity index (χ0) is 42.1. The van der Waals surface area contributed by atoms with Crippen molar-refractivity contribution in [3.63, 3.8) is 0 Å². The first-order valence-corrected chi connectivity index (χ1v) is 23.4. The number of aromatic nitrogens is 4. The molecule has 2 aromatic heterocycles. The lowest BCUT2D eigenvalue weighted by molar-refractivity contribution is -0.120. The van der Waals surface area contributed by atoms with Crippen LogP contribution in [0.4, 0.5) is 49.4 Å². The maximum absolute atomic E-state index is 15.3. The third kappa shape index (κ3) is 8.89. The van der Waals surface area contributed by atoms with Gasteiger partial charge >= 0.3 is 6.03 Å². The Labute approximate surface area is 356 Å². The molecular formula is C42H48BrFN11O4P. The standard InChI is InChI=1S/C42H48BrFN11O4P/c1-26-21-33(49-41-47-24-29(43)40(51-41)48-32-7-6-31-38(46-13-12-45-31)39(32)60(3,4)58)36(59-2)23-35(26)54-19-17-52(18-20-54)25-27-9-14-53(15-10-27)34-8-5-28(22-30(34)44)55-16-11-37(56)50-42(55)57/h5-8,12-13,21-24,27H,9-11,14-20,25H2,1-4H3,(H,50,56,57)(H2,47,48,49,51). The molecule has 314 valence electrons. The Hall–Kier alpha value is -5.38. The van der Waals surface area contributed by atoms with Gasteiger partial charge in [0.15, 0.2) is 0 Å². The fourth-order valence-corrected chi connectivity index (χ4v) is 10.0. The molecular weight excluding hydrogens is 852 g/mol. The quantitative estimate of drug-likeness (QED) is 0.118. The van der Waals surface area contributed by atoms with Crippen LogP contribution in [0.2, 0.25) is 0 Å². The van der Waals surface area contributed by atoms with Crippen LogP contribution >= 0.6 is 23.1 Å². The van der Waals surface area contributed by atoms with Gasteiger partial charge in [0, 0.05) is 94.8 Å². The van der Waals surface area contributed by atoms with Gasteiger partial charge in [-0.05, 0) is 96.9 Å². The zero-order valence-corrected chi connectivity index (χ0v) is 36.5. The van der Waals surface area contributed by atoms with Gasteiger partial charge in [-0.2, -0.15) is 4.98 Å². The largest absolute Gasteiger partial charge is 0.494 e. The molecule has 3 aromatic carbocycles. The highest BCUT2D eigenvalue weighted by atomic mass is 79.9. The Morgan fingerprint density at radius 3 is 2.37 bits per heavy atom. The number of hydrogen-bond donors (Lipinski definition) is 3. The van der Waals surface area contributed by atoms with Crippen molar-refractivity contribution < 1.29 is 23.3 Å². The second-order valence-corrected chi connectivity index (χ2v) is 19.8. The first-order chi connectivity index (χ1) is 28.8. The minimum Gasteiger partial charge on any atom is -0.494 e. The topological polar surface area (TPSA) is 161 Å². The minimum absolute atomic E-state index is 0.195. The van der Waals surface area contributed by atoms with Crippen LogP contribution in [-0.4, -0.2) is 110 Å². The first kappa shape index (κ1) is 41.4. The molecule has 18 heteroatoms. The second-order valence-electron chi connectivity index (χ2n) is 15.8. The highest BCUT2D eigenvalue weighted by Crippen LogP contribution is 2.42. The van der Waals surface area contributed by atoms with Gasteiger partial charge in [0.05, 0.1) is 39.5 Å². The van der Waals surface area contributed by atoms with Gasteiger partial charge in [-0.25, -0.2) is 14.2 Å². The van der Waals surface area contributed by atoms with E-state index in [1.54, 1.807) is 51.2 Å². The molecule has 15 nitrogen and oxygen atoms in total. The van der Waals surface area contributed by atoms with Gasteiger partial charge in [0.2, 0.25) is 11.9 Å². The summed E-state index contributed by atoms with van der Waals surface area (Å²) >= 11 is 3.57. The van der Waals surface area contributed by atoms with Crippen molar-refractivity contribution in [1.29, 1.82) is 0 Å². The zero-order valence-electron chi connectivity index (χ0n) is 34.0. The van der Waals surface area contributed by atoms with Crippen molar-refractivity contribution in [3.05, 3.63) is 76.9 Å². The van der Waals surface area contributed by atoms with Crippen LogP contribution in [0.5, 0.6) is 5.75 Å². The maximum Gasteiger partial charge on any atom is 0.328 e. The molecule has 0 bridgehead atoms. The number of piperidine rings is 1. The molecule has 3 fully saturated rings. The van der Waals surface area contributed by atoms with Crippen molar-refractivity contribution in [1.82, 2.24) is 30.2 Å². The van der Waals surface area contributed by atoms with E-state index in [-0.39, 0.29) is 24.7 Å². The molecule has 3 aliphatic rings. The molecule has 3 saturated heterocycles. The molecule has 0 unspecified atom stereocenters. The minimum atomic E-state index is -2.78. The van der Waals surface area contributed by atoms with E-state index in [4.69, 9.17) is 9.72 Å². The van der Waals surface area contributed by atoms with Crippen molar-refractivity contribution >= 4 is 91.6 Å². The molecule has 3 amide bonds. The summed E-state index contributed by atoms with van der Waals surface area (Å²) in [5.74, 6) is 1.36. The number of urea groups is 1. The number of carbonyl (C=O) groups is 2. The lowest BCUT2D eigenvalue weighted by Crippen LogP contribution is -2.49. The number of hydrogen-bond acceptors (Lipinski definition) is 13. The Balaban J connectivity index is 0.868. The van der Waals surface area contributed by atoms with Gasteiger partial charge in [0.1, 0.15) is 30.0 Å². The number of imide groups is 1. The molecule has 0 aliphatic carbocycles. The van der Waals surface area contributed by atoms with Gasteiger partial charge in [0.25, 0.3) is 0 Å². The van der Waals surface area contributed by atoms with Gasteiger partial charge in [-0.3, -0.25) is 29.9 Å². The highest BCUT2D eigenvalue weighted by Gasteiger charge is 2.29. The van der Waals surface area contributed by atoms with Crippen molar-refractivity contribution in [2.75, 3.05) is 98.1 Å². The molecule has 0 radical (unpaired) electrons. The average Bonchev–Trinajstić information content (AvgIpc) is 3.22. The molecule has 0 spiro atoms. The number of carbonyl (C=O) groups excluding carboxylic acids is 2. The molecule has 3 N–H and O–H groups in total. The number of methoxy groups -OCH3 is 1. The summed E-state index contributed by atoms with van der Waals surface area (Å²) in [6.45, 7) is 11.9. The van der Waals surface area contributed by atoms with E-state index in [2.05, 4.69) is 80.6 Å². The fourth-order valence-electron chi connectivity index (χ4n) is 8.34. The summed E-state index contributed by atoms with van der Waals surface area (Å²) in [5, 5.41) is 9.60. The monoisotopic (exact) mass is 899 g/mol. The third-order valence-corrected chi connectivity index (χ3v) is 13.5. The predicted octanol–water partition coefficient (Wildman–Crippen LogP) is 6.86. The van der Waals surface area contributed by atoms with Crippen molar-refractivity contribution in [2.24, 2.45) is 5.92 Å². The predicted molar refractivity (Wildman–Crippen MR) is 238 cm³/mol. The summed E-state index contributed by atoms with van der Waals surface area (Å²) < 4.78 is 35.3. The van der Waals surface area contributed by atoms with Crippen LogP contribution in [0, 0.1) is 18.7 Å². The first-order valence-electron chi connectivity index (χ1n) is 20.0. The summed E-state index contributed by atoms with van der Waals surface area (Å²) in [5.41, 5.74) is 5.82. The lowest BCUT2D eigenvalue weighted by Gasteiger charge is -2.40. The van der Waals surface area contributed by atoms with E-state index in [9.17, 15) is 14.2 Å². The normalized spacial score (nSPS) is 16.9. The number of nitrogens with zero attached hydrogens (tertiary/aromatic N) is 8. The van der Waals surface area contributed by atoms with Crippen LogP contribution in [0.15, 0.2) is 65.5 Å². The molecule has 60 heavy (non-hydrogen) atoms. The lowest BCUT2D eigenvalue weighted by atomic mass is 9.95. The van der Waals surface area contributed by atoms with E-state index < -0.39 is 13.2 Å². The van der Waals surface area contributed by atoms with Crippen LogP contribution in [-0.2, 0) is 9.36 Å². The Morgan fingerprint density at radius 2 is 1.65 bits per heavy atom. The van der Waals surface area contributed by atoms with Crippen LogP contribution in [0.3, 0.4) is 0 Å². The molecule has 8 rings (SSSR count). The molecule has 3 aliphatic heterocycles. The van der Waals surface area contributed by atoms with Crippen molar-refractivity contribution in [2.45, 2.75) is 26.2 Å². The van der Waals surface area contributed by atoms with Crippen molar-refractivity contribution in [3.8, 4) is 5.75 Å². The maximum atomic E-state index is 15.3. The fraction of sp³-hybridized carbons (Fsp3) is 0.381. The number of benzene rings is 3. The summed E-state index contributed by atoms with van der Waals surface area (Å²) in [7, 11) is -1.12. The molecule has 0 saturated carbocycles. The Morgan fingerprint density at radius 1 is 0.900 bits per heavy atom. The molecule has 0 atom stereocenters. The number of halogens is 2. The second kappa shape index (κ2) is 17.3. The number of amides is 3. The Kier molecular flexibility index (Phi) is 11.9. The highest BCUT2D eigenvalue weighted by molar-refractivity contribution is 9.10. The molecule has 5 aromatic rings. The summed E-state index contributed by atoms with van der Waals surface area (Å²) in [6, 6.07) is 12.2.